The highest BCUT2D eigenvalue weighted by Crippen LogP contribution is 2.22. The topological polar surface area (TPSA) is 25.8 Å². The van der Waals surface area contributed by atoms with Crippen molar-refractivity contribution in [3.63, 3.8) is 0 Å². The normalized spacial score (nSPS) is 10.0. The van der Waals surface area contributed by atoms with Gasteiger partial charge < -0.3 is 0 Å². The average Bonchev–Trinajstić information content (AvgIpc) is 2.59. The second-order valence-electron chi connectivity index (χ2n) is 1.71. The lowest BCUT2D eigenvalue weighted by molar-refractivity contribution is 1.42. The van der Waals surface area contributed by atoms with Crippen LogP contribution in [-0.4, -0.2) is 9.36 Å². The van der Waals surface area contributed by atoms with Crippen LogP contribution in [0.25, 0.3) is 10.4 Å². The van der Waals surface area contributed by atoms with Gasteiger partial charge in [-0.1, -0.05) is 0 Å². The molecule has 0 spiro atoms. The lowest BCUT2D eigenvalue weighted by Crippen LogP contribution is -1.61. The van der Waals surface area contributed by atoms with Crippen LogP contribution in [0.15, 0.2) is 17.1 Å². The fourth-order valence-electron chi connectivity index (χ4n) is 0.643. The quantitative estimate of drug-likeness (QED) is 0.649. The number of hydrogen-bond acceptors (Lipinski definition) is 4. The van der Waals surface area contributed by atoms with E-state index in [2.05, 4.69) is 15.6 Å². The maximum absolute atomic E-state index is 3.95. The summed E-state index contributed by atoms with van der Waals surface area (Å²) in [5, 5.41) is 1.97. The maximum Gasteiger partial charge on any atom is 0.113 e. The average molecular weight is 167 g/mol. The second-order valence-corrected chi connectivity index (χ2v) is 3.22. The van der Waals surface area contributed by atoms with Gasteiger partial charge in [-0.3, -0.25) is 4.98 Å². The van der Waals surface area contributed by atoms with Gasteiger partial charge in [0.1, 0.15) is 6.20 Å². The fourth-order valence-corrected chi connectivity index (χ4v) is 1.79. The number of aromatic nitrogens is 2. The Labute approximate surface area is 66.3 Å². The Hall–Kier alpha value is -0.740. The molecule has 2 aromatic heterocycles. The fraction of sp³-hybridized carbons (Fsp3) is 0. The molecule has 0 fully saturated rings. The van der Waals surface area contributed by atoms with Gasteiger partial charge in [0.05, 0.1) is 10.4 Å². The summed E-state index contributed by atoms with van der Waals surface area (Å²) in [5.74, 6) is 0. The third-order valence-corrected chi connectivity index (χ3v) is 2.43. The van der Waals surface area contributed by atoms with Crippen molar-refractivity contribution in [2.24, 2.45) is 0 Å². The largest absolute Gasteiger partial charge is 0.252 e. The van der Waals surface area contributed by atoms with Crippen molar-refractivity contribution in [1.82, 2.24) is 9.36 Å². The Bertz CT molecular complexity index is 253. The number of thiazole rings is 1. The molecular formula is C6H3N2S2. The van der Waals surface area contributed by atoms with Crippen molar-refractivity contribution < 1.29 is 0 Å². The molecule has 2 heterocycles. The summed E-state index contributed by atoms with van der Waals surface area (Å²) >= 11 is 3.02. The summed E-state index contributed by atoms with van der Waals surface area (Å²) in [6.45, 7) is 0. The van der Waals surface area contributed by atoms with Crippen LogP contribution in [0.4, 0.5) is 0 Å². The van der Waals surface area contributed by atoms with E-state index in [0.29, 0.717) is 0 Å². The van der Waals surface area contributed by atoms with E-state index in [1.165, 1.54) is 11.5 Å². The summed E-state index contributed by atoms with van der Waals surface area (Å²) in [4.78, 5) is 5.09. The predicted octanol–water partition coefficient (Wildman–Crippen LogP) is 2.07. The molecule has 0 bridgehead atoms. The van der Waals surface area contributed by atoms with Crippen molar-refractivity contribution in [3.8, 4) is 10.4 Å². The number of nitrogens with zero attached hydrogens (tertiary/aromatic N) is 2. The highest BCUT2D eigenvalue weighted by molar-refractivity contribution is 7.13. The summed E-state index contributed by atoms with van der Waals surface area (Å²) in [6, 6.07) is 0. The van der Waals surface area contributed by atoms with Crippen LogP contribution in [-0.2, 0) is 0 Å². The molecular weight excluding hydrogens is 164 g/mol. The molecule has 10 heavy (non-hydrogen) atoms. The highest BCUT2D eigenvalue weighted by Gasteiger charge is 1.98. The van der Waals surface area contributed by atoms with Crippen LogP contribution in [0.3, 0.4) is 0 Å². The first-order valence-electron chi connectivity index (χ1n) is 2.68. The Balaban J connectivity index is 2.48. The highest BCUT2D eigenvalue weighted by atomic mass is 32.1. The summed E-state index contributed by atoms with van der Waals surface area (Å²) < 4.78 is 3.87. The zero-order valence-corrected chi connectivity index (χ0v) is 6.58. The molecule has 2 rings (SSSR count). The van der Waals surface area contributed by atoms with Crippen molar-refractivity contribution >= 4 is 22.9 Å². The minimum atomic E-state index is 1.05. The van der Waals surface area contributed by atoms with E-state index in [-0.39, 0.29) is 0 Å². The zero-order chi connectivity index (χ0) is 6.81. The molecule has 0 amide bonds. The molecule has 49 valence electrons. The van der Waals surface area contributed by atoms with Crippen LogP contribution < -0.4 is 0 Å². The van der Waals surface area contributed by atoms with E-state index in [4.69, 9.17) is 0 Å². The molecule has 0 aliphatic carbocycles. The molecule has 2 aromatic rings. The van der Waals surface area contributed by atoms with Crippen LogP contribution in [0, 0.1) is 6.20 Å². The monoisotopic (exact) mass is 167 g/mol. The predicted molar refractivity (Wildman–Crippen MR) is 42.1 cm³/mol. The lowest BCUT2D eigenvalue weighted by Gasteiger charge is -1.81. The van der Waals surface area contributed by atoms with Gasteiger partial charge in [-0.05, 0) is 11.5 Å². The molecule has 0 aromatic carbocycles. The zero-order valence-electron chi connectivity index (χ0n) is 4.94. The Morgan fingerprint density at radius 3 is 3.10 bits per heavy atom. The van der Waals surface area contributed by atoms with Crippen molar-refractivity contribution in [2.75, 3.05) is 0 Å². The van der Waals surface area contributed by atoms with Gasteiger partial charge in [-0.25, -0.2) is 0 Å². The van der Waals surface area contributed by atoms with Crippen molar-refractivity contribution in [1.29, 1.82) is 0 Å². The molecule has 2 nitrogen and oxygen atoms in total. The maximum atomic E-state index is 3.95. The van der Waals surface area contributed by atoms with E-state index in [9.17, 15) is 0 Å². The molecule has 0 N–H and O–H groups in total. The minimum Gasteiger partial charge on any atom is -0.252 e. The third kappa shape index (κ3) is 0.955. The number of hydrogen-bond donors (Lipinski definition) is 0. The summed E-state index contributed by atoms with van der Waals surface area (Å²) in [7, 11) is 0. The Morgan fingerprint density at radius 1 is 1.50 bits per heavy atom. The first kappa shape index (κ1) is 6.00. The van der Waals surface area contributed by atoms with Crippen LogP contribution in [0.1, 0.15) is 0 Å². The van der Waals surface area contributed by atoms with Crippen LogP contribution >= 0.6 is 22.9 Å². The number of rotatable bonds is 1. The van der Waals surface area contributed by atoms with Gasteiger partial charge >= 0.3 is 0 Å². The molecule has 4 heteroatoms. The minimum absolute atomic E-state index is 1.05. The first-order chi connectivity index (χ1) is 4.97. The smallest absolute Gasteiger partial charge is 0.113 e. The van der Waals surface area contributed by atoms with E-state index in [1.54, 1.807) is 16.8 Å². The molecule has 0 aliphatic rings. The van der Waals surface area contributed by atoms with Crippen LogP contribution in [0.5, 0.6) is 0 Å². The van der Waals surface area contributed by atoms with Crippen molar-refractivity contribution in [3.05, 3.63) is 23.3 Å². The molecule has 0 saturated carbocycles. The molecule has 0 atom stereocenters. The molecule has 1 radical (unpaired) electrons. The Kier molecular flexibility index (Phi) is 1.49. The van der Waals surface area contributed by atoms with Crippen molar-refractivity contribution in [2.45, 2.75) is 0 Å². The SMILES string of the molecule is [c]1nscc1-c1cncs1. The Morgan fingerprint density at radius 2 is 2.50 bits per heavy atom. The van der Waals surface area contributed by atoms with E-state index in [0.717, 1.165) is 10.4 Å². The van der Waals surface area contributed by atoms with Gasteiger partial charge in [-0.2, -0.15) is 4.37 Å². The van der Waals surface area contributed by atoms with E-state index in [1.807, 2.05) is 11.6 Å². The molecule has 0 saturated heterocycles. The van der Waals surface area contributed by atoms with Gasteiger partial charge in [0.25, 0.3) is 0 Å². The third-order valence-electron chi connectivity index (χ3n) is 1.09. The van der Waals surface area contributed by atoms with Gasteiger partial charge in [0, 0.05) is 17.1 Å². The standard InChI is InChI=1S/C6H3N2S2/c1-5(3-10-8-1)6-2-7-4-9-6/h2-4H. The molecule has 0 aliphatic heterocycles. The lowest BCUT2D eigenvalue weighted by atomic mass is 10.3. The van der Waals surface area contributed by atoms with Crippen LogP contribution in [0.2, 0.25) is 0 Å². The molecule has 0 unspecified atom stereocenters. The van der Waals surface area contributed by atoms with E-state index >= 15 is 0 Å². The summed E-state index contributed by atoms with van der Waals surface area (Å²) in [6.07, 6.45) is 4.70. The second kappa shape index (κ2) is 2.48. The summed E-state index contributed by atoms with van der Waals surface area (Å²) in [5.41, 5.74) is 2.86. The van der Waals surface area contributed by atoms with Gasteiger partial charge in [0.15, 0.2) is 0 Å². The first-order valence-corrected chi connectivity index (χ1v) is 4.39. The van der Waals surface area contributed by atoms with E-state index < -0.39 is 0 Å². The van der Waals surface area contributed by atoms with Gasteiger partial charge in [0.2, 0.25) is 0 Å². The van der Waals surface area contributed by atoms with Gasteiger partial charge in [-0.15, -0.1) is 11.3 Å².